The SMILES string of the molecule is c1ccc(-c2ccc(N(c3ccccc3)c3cc4c(c5c3sc3ccccc35)-c3c(cc(N(c5ccccc5)c5ccc(-c6ccccc6)cc5)c5c3oc3ccccc35)C4(c3ccccc3)c3ccccc3)cc2)cc1. The molecule has 0 unspecified atom stereocenters. The average molecular weight is 1000 g/mol. The Balaban J connectivity index is 1.10. The van der Waals surface area contributed by atoms with Gasteiger partial charge in [-0.2, -0.15) is 0 Å². The van der Waals surface area contributed by atoms with Crippen LogP contribution in [0.5, 0.6) is 0 Å². The molecule has 0 saturated carbocycles. The van der Waals surface area contributed by atoms with Crippen LogP contribution >= 0.6 is 11.3 Å². The van der Waals surface area contributed by atoms with E-state index in [0.29, 0.717) is 0 Å². The van der Waals surface area contributed by atoms with Crippen molar-refractivity contribution in [2.75, 3.05) is 9.80 Å². The van der Waals surface area contributed by atoms with Crippen LogP contribution in [-0.4, -0.2) is 0 Å². The van der Waals surface area contributed by atoms with Gasteiger partial charge in [0.05, 0.1) is 26.9 Å². The van der Waals surface area contributed by atoms with Crippen LogP contribution in [0.2, 0.25) is 0 Å². The lowest BCUT2D eigenvalue weighted by molar-refractivity contribution is 0.669. The van der Waals surface area contributed by atoms with Crippen molar-refractivity contribution in [3.63, 3.8) is 0 Å². The zero-order valence-electron chi connectivity index (χ0n) is 41.9. The first-order valence-corrected chi connectivity index (χ1v) is 27.1. The van der Waals surface area contributed by atoms with Gasteiger partial charge in [-0.15, -0.1) is 11.3 Å². The molecule has 0 radical (unpaired) electrons. The summed E-state index contributed by atoms with van der Waals surface area (Å²) in [7, 11) is 0. The summed E-state index contributed by atoms with van der Waals surface area (Å²) in [6.07, 6.45) is 0. The quantitative estimate of drug-likeness (QED) is 0.136. The van der Waals surface area contributed by atoms with Gasteiger partial charge in [-0.05, 0) is 123 Å². The minimum absolute atomic E-state index is 0.833. The first kappa shape index (κ1) is 44.7. The average Bonchev–Trinajstić information content (AvgIpc) is 3.59. The van der Waals surface area contributed by atoms with E-state index in [4.69, 9.17) is 4.42 Å². The minimum atomic E-state index is -0.833. The van der Waals surface area contributed by atoms with Crippen molar-refractivity contribution < 1.29 is 4.42 Å². The highest BCUT2D eigenvalue weighted by Gasteiger charge is 2.50. The predicted octanol–water partition coefficient (Wildman–Crippen LogP) is 20.6. The smallest absolute Gasteiger partial charge is 0.145 e. The minimum Gasteiger partial charge on any atom is -0.455 e. The van der Waals surface area contributed by atoms with Crippen LogP contribution in [0.4, 0.5) is 34.1 Å². The number of hydrogen-bond acceptors (Lipinski definition) is 4. The zero-order chi connectivity index (χ0) is 50.9. The van der Waals surface area contributed by atoms with Crippen molar-refractivity contribution in [3.8, 4) is 33.4 Å². The molecule has 0 atom stereocenters. The summed E-state index contributed by atoms with van der Waals surface area (Å²) in [4.78, 5) is 4.93. The molecule has 77 heavy (non-hydrogen) atoms. The molecule has 1 aliphatic carbocycles. The molecule has 0 bridgehead atoms. The van der Waals surface area contributed by atoms with Gasteiger partial charge in [0.15, 0.2) is 0 Å². The standard InChI is InChI=1S/C73H48N2OS/c1-7-23-49(24-8-1)51-39-43-57(44-40-51)74(55-31-15-5-16-32-55)63-47-62-70(71-67(63)59-35-19-21-37-65(59)76-71)69-61(73(62,53-27-11-3-12-28-53)54-29-13-4-14-30-54)48-64(72-68(69)60-36-20-22-38-66(60)77-72)75(56-33-17-6-18-34-56)58-45-41-52(42-46-58)50-25-9-2-10-26-50/h1-48H. The second kappa shape index (κ2) is 18.3. The van der Waals surface area contributed by atoms with E-state index in [9.17, 15) is 0 Å². The van der Waals surface area contributed by atoms with Crippen LogP contribution < -0.4 is 9.80 Å². The predicted molar refractivity (Wildman–Crippen MR) is 324 cm³/mol. The van der Waals surface area contributed by atoms with Gasteiger partial charge < -0.3 is 14.2 Å². The van der Waals surface area contributed by atoms with E-state index in [1.165, 1.54) is 64.7 Å². The topological polar surface area (TPSA) is 19.6 Å². The molecule has 15 rings (SSSR count). The molecule has 0 saturated heterocycles. The van der Waals surface area contributed by atoms with Gasteiger partial charge in [-0.1, -0.05) is 218 Å². The molecule has 3 nitrogen and oxygen atoms in total. The molecule has 0 aliphatic heterocycles. The first-order valence-electron chi connectivity index (χ1n) is 26.3. The molecule has 0 fully saturated rings. The lowest BCUT2D eigenvalue weighted by Gasteiger charge is -2.36. The molecule has 2 aromatic heterocycles. The fourth-order valence-electron chi connectivity index (χ4n) is 12.4. The van der Waals surface area contributed by atoms with Gasteiger partial charge in [0.1, 0.15) is 11.2 Å². The fourth-order valence-corrected chi connectivity index (χ4v) is 13.6. The summed E-state index contributed by atoms with van der Waals surface area (Å²) >= 11 is 1.87. The Labute approximate surface area is 451 Å². The van der Waals surface area contributed by atoms with Crippen LogP contribution in [0.1, 0.15) is 22.3 Å². The number of thiophene rings is 1. The van der Waals surface area contributed by atoms with Gasteiger partial charge in [0.2, 0.25) is 0 Å². The van der Waals surface area contributed by atoms with Crippen molar-refractivity contribution in [2.24, 2.45) is 0 Å². The molecule has 4 heteroatoms. The third-order valence-corrected chi connectivity index (χ3v) is 16.9. The third kappa shape index (κ3) is 7.10. The normalized spacial score (nSPS) is 12.5. The number of furan rings is 1. The van der Waals surface area contributed by atoms with Gasteiger partial charge in [0.25, 0.3) is 0 Å². The molecule has 0 spiro atoms. The molecule has 0 N–H and O–H groups in total. The lowest BCUT2D eigenvalue weighted by Crippen LogP contribution is -2.29. The second-order valence-corrected chi connectivity index (χ2v) is 20.9. The van der Waals surface area contributed by atoms with Crippen LogP contribution in [0.25, 0.3) is 75.5 Å². The Kier molecular flexibility index (Phi) is 10.6. The fraction of sp³-hybridized carbons (Fsp3) is 0.0137. The number of fused-ring (bicyclic) bond motifs is 11. The molecular weight excluding hydrogens is 953 g/mol. The van der Waals surface area contributed by atoms with Crippen molar-refractivity contribution in [2.45, 2.75) is 5.41 Å². The molecule has 362 valence electrons. The molecule has 12 aromatic carbocycles. The van der Waals surface area contributed by atoms with Crippen molar-refractivity contribution in [1.82, 2.24) is 0 Å². The molecule has 0 amide bonds. The zero-order valence-corrected chi connectivity index (χ0v) is 42.7. The second-order valence-electron chi connectivity index (χ2n) is 19.9. The Morgan fingerprint density at radius 2 is 0.727 bits per heavy atom. The van der Waals surface area contributed by atoms with E-state index < -0.39 is 5.41 Å². The monoisotopic (exact) mass is 1000 g/mol. The Bertz CT molecular complexity index is 4420. The highest BCUT2D eigenvalue weighted by Crippen LogP contribution is 2.65. The first-order chi connectivity index (χ1) is 38.2. The maximum atomic E-state index is 7.52. The van der Waals surface area contributed by atoms with E-state index in [1.807, 2.05) is 11.3 Å². The maximum absolute atomic E-state index is 7.52. The molecule has 14 aromatic rings. The van der Waals surface area contributed by atoms with Crippen LogP contribution in [0.3, 0.4) is 0 Å². The van der Waals surface area contributed by atoms with Gasteiger partial charge in [-0.3, -0.25) is 0 Å². The Morgan fingerprint density at radius 1 is 0.325 bits per heavy atom. The Morgan fingerprint density at radius 3 is 1.27 bits per heavy atom. The summed E-state index contributed by atoms with van der Waals surface area (Å²) in [6, 6.07) is 106. The Hall–Kier alpha value is -9.74. The summed E-state index contributed by atoms with van der Waals surface area (Å²) in [6.45, 7) is 0. The van der Waals surface area contributed by atoms with Gasteiger partial charge in [-0.25, -0.2) is 0 Å². The molecule has 1 aliphatic rings. The number of rotatable bonds is 10. The van der Waals surface area contributed by atoms with Crippen LogP contribution in [0, 0.1) is 0 Å². The molecule has 2 heterocycles. The van der Waals surface area contributed by atoms with E-state index >= 15 is 0 Å². The van der Waals surface area contributed by atoms with E-state index in [0.717, 1.165) is 67.2 Å². The summed E-state index contributed by atoms with van der Waals surface area (Å²) < 4.78 is 9.97. The summed E-state index contributed by atoms with van der Waals surface area (Å²) in [5.74, 6) is 0. The highest BCUT2D eigenvalue weighted by atomic mass is 32.1. The number of nitrogens with zero attached hydrogens (tertiary/aromatic N) is 2. The molecular formula is C73H48N2OS. The van der Waals surface area contributed by atoms with Crippen LogP contribution in [-0.2, 0) is 5.41 Å². The number of hydrogen-bond donors (Lipinski definition) is 0. The summed E-state index contributed by atoms with van der Waals surface area (Å²) in [5.41, 5.74) is 19.1. The van der Waals surface area contributed by atoms with E-state index in [2.05, 4.69) is 301 Å². The highest BCUT2D eigenvalue weighted by molar-refractivity contribution is 7.26. The van der Waals surface area contributed by atoms with E-state index in [1.54, 1.807) is 0 Å². The largest absolute Gasteiger partial charge is 0.455 e. The van der Waals surface area contributed by atoms with Crippen LogP contribution in [0.15, 0.2) is 296 Å². The number of para-hydroxylation sites is 3. The van der Waals surface area contributed by atoms with Crippen molar-refractivity contribution in [1.29, 1.82) is 0 Å². The van der Waals surface area contributed by atoms with Crippen molar-refractivity contribution in [3.05, 3.63) is 313 Å². The third-order valence-electron chi connectivity index (χ3n) is 15.7. The van der Waals surface area contributed by atoms with Gasteiger partial charge in [0, 0.05) is 49.2 Å². The van der Waals surface area contributed by atoms with Crippen molar-refractivity contribution >= 4 is 87.6 Å². The van der Waals surface area contributed by atoms with E-state index in [-0.39, 0.29) is 0 Å². The number of anilines is 6. The summed E-state index contributed by atoms with van der Waals surface area (Å²) in [5, 5.41) is 4.58. The van der Waals surface area contributed by atoms with Gasteiger partial charge >= 0.3 is 0 Å². The maximum Gasteiger partial charge on any atom is 0.145 e. The lowest BCUT2D eigenvalue weighted by atomic mass is 9.67. The number of benzene rings is 12.